The molecule has 1 aromatic rings. The number of piperidine rings is 1. The molecule has 2 N–H and O–H groups in total. The van der Waals surface area contributed by atoms with Crippen LogP contribution in [-0.4, -0.2) is 69.3 Å². The SMILES string of the molecule is CCc1cc(N2CCN(C3CCN(C)CC3)CC2)c(OC)cc1N. The van der Waals surface area contributed by atoms with Gasteiger partial charge in [-0.1, -0.05) is 6.92 Å². The number of nitrogens with two attached hydrogens (primary N) is 1. The summed E-state index contributed by atoms with van der Waals surface area (Å²) in [7, 11) is 3.96. The molecular formula is C19H32N4O. The highest BCUT2D eigenvalue weighted by Crippen LogP contribution is 2.34. The number of anilines is 2. The molecule has 2 aliphatic rings. The molecule has 1 aromatic carbocycles. The molecule has 0 aromatic heterocycles. The number of aryl methyl sites for hydroxylation is 1. The zero-order chi connectivity index (χ0) is 17.1. The number of hydrogen-bond acceptors (Lipinski definition) is 5. The highest BCUT2D eigenvalue weighted by Gasteiger charge is 2.27. The van der Waals surface area contributed by atoms with Crippen molar-refractivity contribution in [3.63, 3.8) is 0 Å². The number of benzene rings is 1. The van der Waals surface area contributed by atoms with E-state index in [1.54, 1.807) is 7.11 Å². The Balaban J connectivity index is 1.66. The lowest BCUT2D eigenvalue weighted by Crippen LogP contribution is -2.53. The average molecular weight is 332 g/mol. The van der Waals surface area contributed by atoms with E-state index < -0.39 is 0 Å². The van der Waals surface area contributed by atoms with Gasteiger partial charge in [-0.15, -0.1) is 0 Å². The number of piperazine rings is 1. The lowest BCUT2D eigenvalue weighted by Gasteiger charge is -2.43. The molecule has 2 saturated heterocycles. The minimum atomic E-state index is 0.767. The Bertz CT molecular complexity index is 547. The lowest BCUT2D eigenvalue weighted by molar-refractivity contribution is 0.115. The predicted molar refractivity (Wildman–Crippen MR) is 101 cm³/mol. The third-order valence-electron chi connectivity index (χ3n) is 5.68. The monoisotopic (exact) mass is 332 g/mol. The van der Waals surface area contributed by atoms with Crippen LogP contribution in [0.15, 0.2) is 12.1 Å². The van der Waals surface area contributed by atoms with Crippen LogP contribution in [0.1, 0.15) is 25.3 Å². The Morgan fingerprint density at radius 1 is 1.08 bits per heavy atom. The van der Waals surface area contributed by atoms with E-state index >= 15 is 0 Å². The van der Waals surface area contributed by atoms with Crippen LogP contribution in [0.2, 0.25) is 0 Å². The van der Waals surface area contributed by atoms with Crippen LogP contribution < -0.4 is 15.4 Å². The highest BCUT2D eigenvalue weighted by molar-refractivity contribution is 5.67. The Morgan fingerprint density at radius 2 is 1.75 bits per heavy atom. The number of nitrogen functional groups attached to an aromatic ring is 1. The minimum absolute atomic E-state index is 0.767. The fourth-order valence-electron chi connectivity index (χ4n) is 4.03. The molecule has 2 aliphatic heterocycles. The summed E-state index contributed by atoms with van der Waals surface area (Å²) in [6, 6.07) is 4.97. The first kappa shape index (κ1) is 17.4. The first-order valence-electron chi connectivity index (χ1n) is 9.26. The number of hydrogen-bond donors (Lipinski definition) is 1. The molecule has 0 atom stereocenters. The molecule has 2 fully saturated rings. The van der Waals surface area contributed by atoms with E-state index in [1.165, 1.54) is 37.2 Å². The van der Waals surface area contributed by atoms with Gasteiger partial charge in [-0.2, -0.15) is 0 Å². The molecule has 3 rings (SSSR count). The maximum absolute atomic E-state index is 6.13. The van der Waals surface area contributed by atoms with Gasteiger partial charge in [0.1, 0.15) is 5.75 Å². The molecule has 134 valence electrons. The first-order chi connectivity index (χ1) is 11.6. The minimum Gasteiger partial charge on any atom is -0.495 e. The van der Waals surface area contributed by atoms with Gasteiger partial charge in [0.25, 0.3) is 0 Å². The van der Waals surface area contributed by atoms with E-state index in [1.807, 2.05) is 6.07 Å². The summed E-state index contributed by atoms with van der Waals surface area (Å²) in [5, 5.41) is 0. The maximum Gasteiger partial charge on any atom is 0.144 e. The van der Waals surface area contributed by atoms with E-state index in [9.17, 15) is 0 Å². The molecule has 0 saturated carbocycles. The molecule has 5 heteroatoms. The van der Waals surface area contributed by atoms with Gasteiger partial charge in [0.05, 0.1) is 12.8 Å². The van der Waals surface area contributed by atoms with Crippen LogP contribution >= 0.6 is 0 Å². The van der Waals surface area contributed by atoms with Crippen LogP contribution in [0.5, 0.6) is 5.75 Å². The molecule has 5 nitrogen and oxygen atoms in total. The van der Waals surface area contributed by atoms with Gasteiger partial charge >= 0.3 is 0 Å². The summed E-state index contributed by atoms with van der Waals surface area (Å²) in [6.07, 6.45) is 3.57. The predicted octanol–water partition coefficient (Wildman–Crippen LogP) is 2.06. The summed E-state index contributed by atoms with van der Waals surface area (Å²) in [6.45, 7) is 9.03. The van der Waals surface area contributed by atoms with Gasteiger partial charge in [-0.05, 0) is 51.0 Å². The van der Waals surface area contributed by atoms with Crippen molar-refractivity contribution in [3.8, 4) is 5.75 Å². The van der Waals surface area contributed by atoms with E-state index in [2.05, 4.69) is 34.7 Å². The van der Waals surface area contributed by atoms with Gasteiger partial charge in [0.15, 0.2) is 0 Å². The Hall–Kier alpha value is -1.46. The van der Waals surface area contributed by atoms with Gasteiger partial charge in [-0.25, -0.2) is 0 Å². The molecule has 24 heavy (non-hydrogen) atoms. The first-order valence-corrected chi connectivity index (χ1v) is 9.26. The third-order valence-corrected chi connectivity index (χ3v) is 5.68. The zero-order valence-corrected chi connectivity index (χ0v) is 15.4. The third kappa shape index (κ3) is 3.62. The number of nitrogens with zero attached hydrogens (tertiary/aromatic N) is 3. The number of ether oxygens (including phenoxy) is 1. The summed E-state index contributed by atoms with van der Waals surface area (Å²) < 4.78 is 5.59. The quantitative estimate of drug-likeness (QED) is 0.855. The Morgan fingerprint density at radius 3 is 2.33 bits per heavy atom. The zero-order valence-electron chi connectivity index (χ0n) is 15.4. The second kappa shape index (κ2) is 7.62. The molecule has 2 heterocycles. The van der Waals surface area contributed by atoms with Crippen LogP contribution in [0.3, 0.4) is 0 Å². The molecule has 0 bridgehead atoms. The van der Waals surface area contributed by atoms with Crippen molar-refractivity contribution in [1.29, 1.82) is 0 Å². The number of likely N-dealkylation sites (tertiary alicyclic amines) is 1. The smallest absolute Gasteiger partial charge is 0.144 e. The Kier molecular flexibility index (Phi) is 5.51. The van der Waals surface area contributed by atoms with E-state index in [0.29, 0.717) is 0 Å². The van der Waals surface area contributed by atoms with Crippen molar-refractivity contribution in [2.75, 3.05) is 64.1 Å². The van der Waals surface area contributed by atoms with Gasteiger partial charge in [-0.3, -0.25) is 4.90 Å². The van der Waals surface area contributed by atoms with Crippen molar-refractivity contribution < 1.29 is 4.74 Å². The van der Waals surface area contributed by atoms with Crippen LogP contribution in [0, 0.1) is 0 Å². The standard InChI is InChI=1S/C19H32N4O/c1-4-15-13-18(19(24-3)14-17(15)20)23-11-9-22(10-12-23)16-5-7-21(2)8-6-16/h13-14,16H,4-12,20H2,1-3H3. The summed E-state index contributed by atoms with van der Waals surface area (Å²) >= 11 is 0. The molecule has 0 radical (unpaired) electrons. The largest absolute Gasteiger partial charge is 0.495 e. The van der Waals surface area contributed by atoms with Gasteiger partial charge in [0, 0.05) is 44.0 Å². The molecule has 0 unspecified atom stereocenters. The van der Waals surface area contributed by atoms with Crippen molar-refractivity contribution in [2.45, 2.75) is 32.2 Å². The normalized spacial score (nSPS) is 21.2. The fraction of sp³-hybridized carbons (Fsp3) is 0.684. The van der Waals surface area contributed by atoms with Gasteiger partial charge < -0.3 is 20.3 Å². The fourth-order valence-corrected chi connectivity index (χ4v) is 4.03. The van der Waals surface area contributed by atoms with Crippen LogP contribution in [0.4, 0.5) is 11.4 Å². The van der Waals surface area contributed by atoms with Gasteiger partial charge in [0.2, 0.25) is 0 Å². The molecule has 0 aliphatic carbocycles. The summed E-state index contributed by atoms with van der Waals surface area (Å²) in [4.78, 5) is 7.59. The van der Waals surface area contributed by atoms with Crippen molar-refractivity contribution in [3.05, 3.63) is 17.7 Å². The maximum atomic E-state index is 6.13. The van der Waals surface area contributed by atoms with E-state index in [0.717, 1.165) is 50.1 Å². The van der Waals surface area contributed by atoms with E-state index in [4.69, 9.17) is 10.5 Å². The second-order valence-corrected chi connectivity index (χ2v) is 7.13. The van der Waals surface area contributed by atoms with E-state index in [-0.39, 0.29) is 0 Å². The number of methoxy groups -OCH3 is 1. The lowest BCUT2D eigenvalue weighted by atomic mass is 10.0. The molecule has 0 spiro atoms. The average Bonchev–Trinajstić information content (AvgIpc) is 2.62. The highest BCUT2D eigenvalue weighted by atomic mass is 16.5. The van der Waals surface area contributed by atoms with Crippen molar-refractivity contribution >= 4 is 11.4 Å². The number of rotatable bonds is 4. The summed E-state index contributed by atoms with van der Waals surface area (Å²) in [5.74, 6) is 0.900. The Labute approximate surface area is 146 Å². The van der Waals surface area contributed by atoms with Crippen LogP contribution in [0.25, 0.3) is 0 Å². The summed E-state index contributed by atoms with van der Waals surface area (Å²) in [5.41, 5.74) is 9.37. The van der Waals surface area contributed by atoms with Crippen LogP contribution in [-0.2, 0) is 6.42 Å². The van der Waals surface area contributed by atoms with Crippen molar-refractivity contribution in [2.24, 2.45) is 0 Å². The second-order valence-electron chi connectivity index (χ2n) is 7.13. The van der Waals surface area contributed by atoms with Crippen molar-refractivity contribution in [1.82, 2.24) is 9.80 Å². The molecule has 0 amide bonds. The molecular weight excluding hydrogens is 300 g/mol. The topological polar surface area (TPSA) is 45.0 Å².